The lowest BCUT2D eigenvalue weighted by molar-refractivity contribution is 0.0601. The van der Waals surface area contributed by atoms with Crippen LogP contribution in [0.15, 0.2) is 36.4 Å². The summed E-state index contributed by atoms with van der Waals surface area (Å²) in [6.07, 6.45) is 1.34. The first kappa shape index (κ1) is 16.8. The normalized spacial score (nSPS) is 11.1. The molecule has 8 heteroatoms. The van der Waals surface area contributed by atoms with Crippen molar-refractivity contribution < 1.29 is 9.53 Å². The number of fused-ring (bicyclic) bond motifs is 2. The van der Waals surface area contributed by atoms with Crippen LogP contribution in [-0.2, 0) is 17.6 Å². The number of nitrogens with zero attached hydrogens (tertiary/aromatic N) is 2. The van der Waals surface area contributed by atoms with Crippen molar-refractivity contribution in [3.63, 3.8) is 0 Å². The lowest BCUT2D eigenvalue weighted by Crippen LogP contribution is -2.10. The molecule has 8 nitrogen and oxygen atoms in total. The standard InChI is InChI=1S/C19H18N6O2/c1-27-19(26)11-3-5-13-15(9-11)25-17(23-13)7-6-16-22-12-4-2-10(18(20)21)8-14(12)24-16/h2-5,8-9H,6-7H2,1H3,(H3,20,21)(H,22,24)(H,23,25). The number of aryl methyl sites for hydroxylation is 2. The van der Waals surface area contributed by atoms with E-state index < -0.39 is 0 Å². The van der Waals surface area contributed by atoms with Gasteiger partial charge in [0, 0.05) is 18.4 Å². The molecule has 0 amide bonds. The Hall–Kier alpha value is -3.68. The van der Waals surface area contributed by atoms with Crippen molar-refractivity contribution in [2.75, 3.05) is 7.11 Å². The first-order valence-electron chi connectivity index (χ1n) is 8.43. The number of rotatable bonds is 5. The molecule has 2 aromatic heterocycles. The fourth-order valence-electron chi connectivity index (χ4n) is 3.01. The third kappa shape index (κ3) is 3.24. The number of hydrogen-bond donors (Lipinski definition) is 4. The summed E-state index contributed by atoms with van der Waals surface area (Å²) in [5.74, 6) is 1.31. The molecule has 0 saturated carbocycles. The van der Waals surface area contributed by atoms with Crippen LogP contribution >= 0.6 is 0 Å². The molecule has 136 valence electrons. The summed E-state index contributed by atoms with van der Waals surface area (Å²) in [6, 6.07) is 10.7. The Morgan fingerprint density at radius 3 is 2.04 bits per heavy atom. The van der Waals surface area contributed by atoms with Crippen molar-refractivity contribution in [3.8, 4) is 0 Å². The SMILES string of the molecule is COC(=O)c1ccc2nc(CCc3nc4ccc(C(=N)N)cc4[nH]3)[nH]c2c1. The Balaban J connectivity index is 1.53. The largest absolute Gasteiger partial charge is 0.465 e. The summed E-state index contributed by atoms with van der Waals surface area (Å²) < 4.78 is 4.74. The van der Waals surface area contributed by atoms with E-state index in [2.05, 4.69) is 19.9 Å². The fourth-order valence-corrected chi connectivity index (χ4v) is 3.01. The predicted molar refractivity (Wildman–Crippen MR) is 102 cm³/mol. The zero-order valence-electron chi connectivity index (χ0n) is 14.7. The Bertz CT molecular complexity index is 1170. The highest BCUT2D eigenvalue weighted by Crippen LogP contribution is 2.17. The number of nitrogen functional groups attached to an aromatic ring is 1. The highest BCUT2D eigenvalue weighted by Gasteiger charge is 2.10. The van der Waals surface area contributed by atoms with Crippen molar-refractivity contribution in [2.45, 2.75) is 12.8 Å². The van der Waals surface area contributed by atoms with Crippen LogP contribution in [0.1, 0.15) is 27.6 Å². The van der Waals surface area contributed by atoms with E-state index in [0.29, 0.717) is 24.0 Å². The minimum Gasteiger partial charge on any atom is -0.465 e. The number of esters is 1. The number of methoxy groups -OCH3 is 1. The zero-order chi connectivity index (χ0) is 19.0. The molecular formula is C19H18N6O2. The number of carbonyl (C=O) groups is 1. The number of hydrogen-bond acceptors (Lipinski definition) is 5. The second-order valence-electron chi connectivity index (χ2n) is 6.24. The van der Waals surface area contributed by atoms with Gasteiger partial charge in [0.25, 0.3) is 0 Å². The number of aromatic nitrogens is 4. The van der Waals surface area contributed by atoms with Gasteiger partial charge in [0.15, 0.2) is 0 Å². The third-order valence-electron chi connectivity index (χ3n) is 4.39. The molecule has 27 heavy (non-hydrogen) atoms. The Labute approximate surface area is 154 Å². The summed E-state index contributed by atoms with van der Waals surface area (Å²) >= 11 is 0. The average Bonchev–Trinajstić information content (AvgIpc) is 3.27. The van der Waals surface area contributed by atoms with Crippen LogP contribution in [0, 0.1) is 5.41 Å². The van der Waals surface area contributed by atoms with Crippen LogP contribution in [0.2, 0.25) is 0 Å². The van der Waals surface area contributed by atoms with Crippen molar-refractivity contribution in [1.82, 2.24) is 19.9 Å². The molecule has 5 N–H and O–H groups in total. The topological polar surface area (TPSA) is 134 Å². The van der Waals surface area contributed by atoms with E-state index in [1.807, 2.05) is 12.1 Å². The molecule has 4 aromatic rings. The molecule has 0 radical (unpaired) electrons. The van der Waals surface area contributed by atoms with Crippen LogP contribution in [0.25, 0.3) is 22.1 Å². The van der Waals surface area contributed by atoms with Gasteiger partial charge < -0.3 is 20.4 Å². The highest BCUT2D eigenvalue weighted by atomic mass is 16.5. The van der Waals surface area contributed by atoms with E-state index in [1.165, 1.54) is 7.11 Å². The second-order valence-corrected chi connectivity index (χ2v) is 6.24. The van der Waals surface area contributed by atoms with Gasteiger partial charge in [-0.1, -0.05) is 0 Å². The average molecular weight is 362 g/mol. The van der Waals surface area contributed by atoms with Gasteiger partial charge in [-0.05, 0) is 36.4 Å². The summed E-state index contributed by atoms with van der Waals surface area (Å²) in [7, 11) is 1.36. The van der Waals surface area contributed by atoms with Crippen LogP contribution in [-0.4, -0.2) is 38.9 Å². The van der Waals surface area contributed by atoms with Gasteiger partial charge in [-0.3, -0.25) is 5.41 Å². The zero-order valence-corrected chi connectivity index (χ0v) is 14.7. The number of imidazole rings is 2. The maximum atomic E-state index is 11.6. The molecule has 2 heterocycles. The number of nitrogens with one attached hydrogen (secondary N) is 3. The maximum absolute atomic E-state index is 11.6. The van der Waals surface area contributed by atoms with Crippen molar-refractivity contribution >= 4 is 33.9 Å². The molecule has 4 rings (SSSR count). The number of benzene rings is 2. The number of amidine groups is 1. The van der Waals surface area contributed by atoms with E-state index in [-0.39, 0.29) is 11.8 Å². The number of ether oxygens (including phenoxy) is 1. The third-order valence-corrected chi connectivity index (χ3v) is 4.39. The van der Waals surface area contributed by atoms with Crippen molar-refractivity contribution in [3.05, 3.63) is 59.2 Å². The van der Waals surface area contributed by atoms with E-state index in [9.17, 15) is 4.79 Å². The second kappa shape index (κ2) is 6.56. The maximum Gasteiger partial charge on any atom is 0.337 e. The Kier molecular flexibility index (Phi) is 4.08. The van der Waals surface area contributed by atoms with Crippen LogP contribution in [0.3, 0.4) is 0 Å². The molecule has 0 aliphatic carbocycles. The van der Waals surface area contributed by atoms with Crippen LogP contribution < -0.4 is 5.73 Å². The van der Waals surface area contributed by atoms with Gasteiger partial charge in [0.1, 0.15) is 17.5 Å². The number of nitrogens with two attached hydrogens (primary N) is 1. The van der Waals surface area contributed by atoms with Gasteiger partial charge in [-0.15, -0.1) is 0 Å². The Morgan fingerprint density at radius 1 is 1.00 bits per heavy atom. The van der Waals surface area contributed by atoms with Gasteiger partial charge in [0.05, 0.1) is 34.7 Å². The van der Waals surface area contributed by atoms with E-state index in [0.717, 1.165) is 33.7 Å². The smallest absolute Gasteiger partial charge is 0.337 e. The van der Waals surface area contributed by atoms with Gasteiger partial charge in [-0.2, -0.15) is 0 Å². The molecule has 0 fully saturated rings. The summed E-state index contributed by atoms with van der Waals surface area (Å²) in [5, 5.41) is 7.52. The number of H-pyrrole nitrogens is 2. The fraction of sp³-hybridized carbons (Fsp3) is 0.158. The minimum absolute atomic E-state index is 0.0293. The predicted octanol–water partition coefficient (Wildman–Crippen LogP) is 2.30. The Morgan fingerprint density at radius 2 is 1.52 bits per heavy atom. The van der Waals surface area contributed by atoms with E-state index >= 15 is 0 Å². The number of carbonyl (C=O) groups excluding carboxylic acids is 1. The summed E-state index contributed by atoms with van der Waals surface area (Å²) in [5.41, 5.74) is 9.96. The van der Waals surface area contributed by atoms with Crippen molar-refractivity contribution in [2.24, 2.45) is 5.73 Å². The van der Waals surface area contributed by atoms with Gasteiger partial charge in [-0.25, -0.2) is 14.8 Å². The molecule has 0 saturated heterocycles. The highest BCUT2D eigenvalue weighted by molar-refractivity contribution is 5.98. The number of aromatic amines is 2. The van der Waals surface area contributed by atoms with E-state index in [1.54, 1.807) is 24.3 Å². The molecule has 0 aliphatic heterocycles. The molecule has 0 unspecified atom stereocenters. The van der Waals surface area contributed by atoms with Crippen LogP contribution in [0.4, 0.5) is 0 Å². The molecule has 0 aliphatic rings. The lowest BCUT2D eigenvalue weighted by atomic mass is 10.2. The lowest BCUT2D eigenvalue weighted by Gasteiger charge is -1.97. The minimum atomic E-state index is -0.375. The monoisotopic (exact) mass is 362 g/mol. The summed E-state index contributed by atoms with van der Waals surface area (Å²) in [4.78, 5) is 27.2. The molecule has 0 spiro atoms. The molecular weight excluding hydrogens is 344 g/mol. The molecule has 2 aromatic carbocycles. The van der Waals surface area contributed by atoms with E-state index in [4.69, 9.17) is 15.9 Å². The van der Waals surface area contributed by atoms with Crippen LogP contribution in [0.5, 0.6) is 0 Å². The quantitative estimate of drug-likeness (QED) is 0.245. The van der Waals surface area contributed by atoms with Gasteiger partial charge >= 0.3 is 5.97 Å². The summed E-state index contributed by atoms with van der Waals surface area (Å²) in [6.45, 7) is 0. The first-order chi connectivity index (χ1) is 13.0. The first-order valence-corrected chi connectivity index (χ1v) is 8.43. The molecule has 0 bridgehead atoms. The van der Waals surface area contributed by atoms with Gasteiger partial charge in [0.2, 0.25) is 0 Å². The van der Waals surface area contributed by atoms with Crippen molar-refractivity contribution in [1.29, 1.82) is 5.41 Å². The molecule has 0 atom stereocenters.